The third-order valence-corrected chi connectivity index (χ3v) is 9.49. The Labute approximate surface area is 247 Å². The van der Waals surface area contributed by atoms with Crippen molar-refractivity contribution >= 4 is 47.2 Å². The summed E-state index contributed by atoms with van der Waals surface area (Å²) >= 11 is 0. The zero-order valence-corrected chi connectivity index (χ0v) is 24.5. The molecule has 220 valence electrons. The number of rotatable bonds is 8. The van der Waals surface area contributed by atoms with Crippen LogP contribution in [-0.4, -0.2) is 58.6 Å². The van der Waals surface area contributed by atoms with E-state index < -0.39 is 12.1 Å². The predicted molar refractivity (Wildman–Crippen MR) is 163 cm³/mol. The van der Waals surface area contributed by atoms with Gasteiger partial charge >= 0.3 is 0 Å². The number of carbonyl (C=O) groups excluding carboxylic acids is 4. The van der Waals surface area contributed by atoms with Crippen molar-refractivity contribution < 1.29 is 19.2 Å². The summed E-state index contributed by atoms with van der Waals surface area (Å²) in [5.41, 5.74) is 2.86. The maximum atomic E-state index is 13.0. The molecule has 2 aromatic carbocycles. The van der Waals surface area contributed by atoms with Crippen molar-refractivity contribution in [1.82, 2.24) is 9.80 Å². The first kappa shape index (κ1) is 28.2. The number of hydrogen-bond donors (Lipinski definition) is 2. The van der Waals surface area contributed by atoms with Gasteiger partial charge in [0.1, 0.15) is 12.1 Å². The average Bonchev–Trinajstić information content (AvgIpc) is 3.77. The Morgan fingerprint density at radius 2 is 1.00 bits per heavy atom. The molecule has 42 heavy (non-hydrogen) atoms. The van der Waals surface area contributed by atoms with Gasteiger partial charge in [-0.15, -0.1) is 0 Å². The molecule has 0 unspecified atom stereocenters. The fourth-order valence-electron chi connectivity index (χ4n) is 6.06. The Morgan fingerprint density at radius 1 is 0.643 bits per heavy atom. The second kappa shape index (κ2) is 11.0. The molecular formula is C34H40N4O4. The highest BCUT2D eigenvalue weighted by atomic mass is 16.2. The van der Waals surface area contributed by atoms with E-state index in [9.17, 15) is 19.2 Å². The van der Waals surface area contributed by atoms with Crippen LogP contribution in [0.25, 0.3) is 12.2 Å². The molecule has 8 heteroatoms. The van der Waals surface area contributed by atoms with Gasteiger partial charge in [0.05, 0.1) is 0 Å². The van der Waals surface area contributed by atoms with E-state index in [0.717, 1.165) is 49.7 Å². The van der Waals surface area contributed by atoms with E-state index in [-0.39, 0.29) is 34.5 Å². The number of nitrogens with zero attached hydrogens (tertiary/aromatic N) is 2. The molecular weight excluding hydrogens is 528 g/mol. The monoisotopic (exact) mass is 568 g/mol. The van der Waals surface area contributed by atoms with Crippen molar-refractivity contribution in [1.29, 1.82) is 0 Å². The van der Waals surface area contributed by atoms with Gasteiger partial charge in [-0.1, -0.05) is 50.3 Å². The molecule has 8 nitrogen and oxygen atoms in total. The quantitative estimate of drug-likeness (QED) is 0.422. The summed E-state index contributed by atoms with van der Waals surface area (Å²) in [6.45, 7) is 5.30. The van der Waals surface area contributed by atoms with Crippen molar-refractivity contribution in [3.63, 3.8) is 0 Å². The summed E-state index contributed by atoms with van der Waals surface area (Å²) in [5, 5.41) is 5.98. The van der Waals surface area contributed by atoms with E-state index in [1.165, 1.54) is 0 Å². The van der Waals surface area contributed by atoms with Crippen molar-refractivity contribution in [2.45, 2.75) is 77.3 Å². The average molecular weight is 569 g/mol. The number of amides is 4. The zero-order valence-electron chi connectivity index (χ0n) is 24.5. The summed E-state index contributed by atoms with van der Waals surface area (Å²) < 4.78 is 0. The van der Waals surface area contributed by atoms with E-state index in [4.69, 9.17) is 0 Å². The highest BCUT2D eigenvalue weighted by Crippen LogP contribution is 2.48. The molecule has 2 aliphatic heterocycles. The highest BCUT2D eigenvalue weighted by Gasteiger charge is 2.51. The van der Waals surface area contributed by atoms with Crippen molar-refractivity contribution in [2.24, 2.45) is 10.8 Å². The van der Waals surface area contributed by atoms with Gasteiger partial charge in [-0.3, -0.25) is 19.2 Å². The van der Waals surface area contributed by atoms with Crippen molar-refractivity contribution in [2.75, 3.05) is 23.7 Å². The van der Waals surface area contributed by atoms with Crippen LogP contribution in [-0.2, 0) is 19.2 Å². The second-order valence-electron chi connectivity index (χ2n) is 13.0. The molecule has 6 rings (SSSR count). The van der Waals surface area contributed by atoms with E-state index >= 15 is 0 Å². The van der Waals surface area contributed by atoms with Crippen LogP contribution in [0.4, 0.5) is 11.4 Å². The summed E-state index contributed by atoms with van der Waals surface area (Å²) in [4.78, 5) is 55.1. The van der Waals surface area contributed by atoms with E-state index in [1.54, 1.807) is 9.80 Å². The predicted octanol–water partition coefficient (Wildman–Crippen LogP) is 5.32. The minimum atomic E-state index is -0.395. The lowest BCUT2D eigenvalue weighted by atomic mass is 10.1. The molecule has 2 atom stereocenters. The number of nitrogens with one attached hydrogen (secondary N) is 2. The Balaban J connectivity index is 1.01. The molecule has 2 aromatic rings. The van der Waals surface area contributed by atoms with Crippen LogP contribution in [0, 0.1) is 10.8 Å². The first-order valence-corrected chi connectivity index (χ1v) is 15.3. The fourth-order valence-corrected chi connectivity index (χ4v) is 6.06. The number of carbonyl (C=O) groups is 4. The van der Waals surface area contributed by atoms with Crippen LogP contribution in [0.15, 0.2) is 48.5 Å². The largest absolute Gasteiger partial charge is 0.330 e. The first-order valence-electron chi connectivity index (χ1n) is 15.3. The van der Waals surface area contributed by atoms with Gasteiger partial charge in [0.25, 0.3) is 0 Å². The summed E-state index contributed by atoms with van der Waals surface area (Å²) in [6.07, 6.45) is 10.8. The molecule has 4 amide bonds. The Morgan fingerprint density at radius 3 is 1.33 bits per heavy atom. The van der Waals surface area contributed by atoms with Crippen LogP contribution in [0.1, 0.15) is 76.3 Å². The minimum absolute atomic E-state index is 0.117. The number of likely N-dealkylation sites (tertiary alicyclic amines) is 2. The maximum absolute atomic E-state index is 13.0. The Bertz CT molecular complexity index is 1300. The first-order chi connectivity index (χ1) is 20.1. The topological polar surface area (TPSA) is 98.8 Å². The van der Waals surface area contributed by atoms with E-state index in [0.29, 0.717) is 37.3 Å². The number of hydrogen-bond acceptors (Lipinski definition) is 4. The van der Waals surface area contributed by atoms with Gasteiger partial charge in [-0.25, -0.2) is 0 Å². The van der Waals surface area contributed by atoms with Crippen LogP contribution in [0.5, 0.6) is 0 Å². The standard InChI is InChI=1S/C34H40N4O4/c1-33(17-18-33)31(41)37-21-3-5-27(37)29(39)35-25-13-9-23(10-14-25)7-8-24-11-15-26(16-12-24)36-30(40)28-6-4-22-38(28)32(42)34(2)19-20-34/h7-16,27-28H,3-6,17-22H2,1-2H3,(H,35,39)(H,36,40)/b8-7+/t27-,28-/m0/s1. The van der Waals surface area contributed by atoms with Gasteiger partial charge in [0.2, 0.25) is 23.6 Å². The fraction of sp³-hybridized carbons (Fsp3) is 0.471. The zero-order chi connectivity index (χ0) is 29.5. The second-order valence-corrected chi connectivity index (χ2v) is 13.0. The molecule has 0 bridgehead atoms. The Kier molecular flexibility index (Phi) is 7.41. The van der Waals surface area contributed by atoms with Crippen LogP contribution in [0.2, 0.25) is 0 Å². The third kappa shape index (κ3) is 5.85. The molecule has 0 aromatic heterocycles. The van der Waals surface area contributed by atoms with E-state index in [2.05, 4.69) is 10.6 Å². The highest BCUT2D eigenvalue weighted by molar-refractivity contribution is 5.99. The molecule has 0 spiro atoms. The molecule has 2 saturated carbocycles. The molecule has 2 heterocycles. The lowest BCUT2D eigenvalue weighted by Gasteiger charge is -2.26. The normalized spacial score (nSPS) is 23.6. The van der Waals surface area contributed by atoms with Crippen LogP contribution in [0.3, 0.4) is 0 Å². The molecule has 2 aliphatic carbocycles. The van der Waals surface area contributed by atoms with Gasteiger partial charge in [0.15, 0.2) is 0 Å². The van der Waals surface area contributed by atoms with Crippen molar-refractivity contribution in [3.05, 3.63) is 59.7 Å². The molecule has 2 saturated heterocycles. The van der Waals surface area contributed by atoms with Crippen LogP contribution >= 0.6 is 0 Å². The smallest absolute Gasteiger partial charge is 0.247 e. The molecule has 0 radical (unpaired) electrons. The summed E-state index contributed by atoms with van der Waals surface area (Å²) in [6, 6.07) is 14.5. The van der Waals surface area contributed by atoms with Gasteiger partial charge in [-0.2, -0.15) is 0 Å². The van der Waals surface area contributed by atoms with Gasteiger partial charge in [-0.05, 0) is 86.8 Å². The maximum Gasteiger partial charge on any atom is 0.247 e. The van der Waals surface area contributed by atoms with Crippen LogP contribution < -0.4 is 10.6 Å². The van der Waals surface area contributed by atoms with Gasteiger partial charge < -0.3 is 20.4 Å². The summed E-state index contributed by atoms with van der Waals surface area (Å²) in [5.74, 6) is -0.00679. The lowest BCUT2D eigenvalue weighted by molar-refractivity contribution is -0.141. The van der Waals surface area contributed by atoms with Gasteiger partial charge in [0, 0.05) is 35.3 Å². The SMILES string of the molecule is CC1(C(=O)N2CCC[C@H]2C(=O)Nc2ccc(/C=C/c3ccc(NC(=O)[C@@H]4CCCN4C(=O)C4(C)CC4)cc3)cc2)CC1. The Hall–Kier alpha value is -3.94. The summed E-state index contributed by atoms with van der Waals surface area (Å²) in [7, 11) is 0. The lowest BCUT2D eigenvalue weighted by Crippen LogP contribution is -2.45. The van der Waals surface area contributed by atoms with E-state index in [1.807, 2.05) is 74.5 Å². The third-order valence-electron chi connectivity index (χ3n) is 9.49. The number of anilines is 2. The minimum Gasteiger partial charge on any atom is -0.330 e. The molecule has 4 aliphatic rings. The van der Waals surface area contributed by atoms with Crippen molar-refractivity contribution in [3.8, 4) is 0 Å². The molecule has 4 fully saturated rings. The molecule has 2 N–H and O–H groups in total. The number of benzene rings is 2.